The predicted octanol–water partition coefficient (Wildman–Crippen LogP) is 1.58. The van der Waals surface area contributed by atoms with E-state index in [9.17, 15) is 4.79 Å². The molecule has 92 valence electrons. The molecule has 1 aromatic heterocycles. The van der Waals surface area contributed by atoms with Gasteiger partial charge in [0.25, 0.3) is 0 Å². The van der Waals surface area contributed by atoms with E-state index in [2.05, 4.69) is 14.8 Å². The molecule has 0 amide bonds. The first kappa shape index (κ1) is 10.7. The van der Waals surface area contributed by atoms with Gasteiger partial charge in [-0.15, -0.1) is 10.2 Å². The average Bonchev–Trinajstić information content (AvgIpc) is 2.96. The molecule has 1 unspecified atom stereocenters. The van der Waals surface area contributed by atoms with E-state index >= 15 is 0 Å². The van der Waals surface area contributed by atoms with E-state index in [1.807, 2.05) is 0 Å². The Morgan fingerprint density at radius 3 is 2.71 bits per heavy atom. The first-order valence-electron chi connectivity index (χ1n) is 6.40. The summed E-state index contributed by atoms with van der Waals surface area (Å²) in [6, 6.07) is 0. The van der Waals surface area contributed by atoms with Crippen LogP contribution in [0.2, 0.25) is 0 Å². The van der Waals surface area contributed by atoms with E-state index in [0.717, 1.165) is 18.1 Å². The second kappa shape index (κ2) is 4.13. The zero-order chi connectivity index (χ0) is 11.8. The minimum Gasteiger partial charge on any atom is -0.481 e. The highest BCUT2D eigenvalue weighted by atomic mass is 16.4. The van der Waals surface area contributed by atoms with E-state index in [0.29, 0.717) is 18.9 Å². The van der Waals surface area contributed by atoms with Gasteiger partial charge in [-0.05, 0) is 19.3 Å². The highest BCUT2D eigenvalue weighted by molar-refractivity contribution is 5.70. The van der Waals surface area contributed by atoms with E-state index in [-0.39, 0.29) is 5.92 Å². The van der Waals surface area contributed by atoms with Crippen molar-refractivity contribution in [3.63, 3.8) is 0 Å². The van der Waals surface area contributed by atoms with Crippen LogP contribution >= 0.6 is 0 Å². The highest BCUT2D eigenvalue weighted by Crippen LogP contribution is 2.34. The number of carboxylic acid groups (broad SMARTS) is 1. The van der Waals surface area contributed by atoms with Gasteiger partial charge in [-0.2, -0.15) is 0 Å². The largest absolute Gasteiger partial charge is 0.481 e. The van der Waals surface area contributed by atoms with Crippen molar-refractivity contribution in [3.05, 3.63) is 11.6 Å². The van der Waals surface area contributed by atoms with Crippen LogP contribution in [0.25, 0.3) is 0 Å². The summed E-state index contributed by atoms with van der Waals surface area (Å²) in [5.74, 6) is 1.55. The molecule has 0 aromatic carbocycles. The van der Waals surface area contributed by atoms with Gasteiger partial charge in [0.15, 0.2) is 0 Å². The molecule has 0 radical (unpaired) electrons. The molecule has 1 aromatic rings. The molecule has 0 spiro atoms. The Labute approximate surface area is 99.9 Å². The molecule has 3 rings (SSSR count). The quantitative estimate of drug-likeness (QED) is 0.845. The Bertz CT molecular complexity index is 435. The fourth-order valence-corrected chi connectivity index (χ4v) is 3.04. The first-order chi connectivity index (χ1) is 8.25. The van der Waals surface area contributed by atoms with Gasteiger partial charge in [0, 0.05) is 18.9 Å². The first-order valence-corrected chi connectivity index (χ1v) is 6.40. The fraction of sp³-hybridized carbons (Fsp3) is 0.750. The molecule has 1 aliphatic carbocycles. The molecule has 0 saturated heterocycles. The normalized spacial score (nSPS) is 24.8. The standard InChI is InChI=1S/C12H17N3O2/c16-12(17)9-5-6-10-13-14-11(15(10)7-9)8-3-1-2-4-8/h8-9H,1-7H2,(H,16,17). The summed E-state index contributed by atoms with van der Waals surface area (Å²) in [7, 11) is 0. The molecule has 2 heterocycles. The van der Waals surface area contributed by atoms with Crippen LogP contribution in [0.15, 0.2) is 0 Å². The Balaban J connectivity index is 1.88. The third kappa shape index (κ3) is 1.83. The van der Waals surface area contributed by atoms with Gasteiger partial charge in [-0.3, -0.25) is 4.79 Å². The third-order valence-electron chi connectivity index (χ3n) is 4.04. The van der Waals surface area contributed by atoms with E-state index < -0.39 is 5.97 Å². The van der Waals surface area contributed by atoms with Crippen LogP contribution in [0.3, 0.4) is 0 Å². The molecular weight excluding hydrogens is 218 g/mol. The number of aromatic nitrogens is 3. The summed E-state index contributed by atoms with van der Waals surface area (Å²) < 4.78 is 2.07. The van der Waals surface area contributed by atoms with Crippen LogP contribution in [0, 0.1) is 5.92 Å². The molecule has 2 aliphatic rings. The molecule has 1 fully saturated rings. The SMILES string of the molecule is O=C(O)C1CCc2nnc(C3CCCC3)n2C1. The molecule has 17 heavy (non-hydrogen) atoms. The zero-order valence-electron chi connectivity index (χ0n) is 9.80. The Morgan fingerprint density at radius 2 is 2.00 bits per heavy atom. The zero-order valence-corrected chi connectivity index (χ0v) is 9.80. The molecule has 5 heteroatoms. The van der Waals surface area contributed by atoms with Gasteiger partial charge in [-0.25, -0.2) is 0 Å². The van der Waals surface area contributed by atoms with Gasteiger partial charge in [0.2, 0.25) is 0 Å². The van der Waals surface area contributed by atoms with Gasteiger partial charge < -0.3 is 9.67 Å². The summed E-state index contributed by atoms with van der Waals surface area (Å²) >= 11 is 0. The van der Waals surface area contributed by atoms with Gasteiger partial charge >= 0.3 is 5.97 Å². The van der Waals surface area contributed by atoms with Crippen molar-refractivity contribution in [1.29, 1.82) is 0 Å². The van der Waals surface area contributed by atoms with Crippen molar-refractivity contribution in [2.24, 2.45) is 5.92 Å². The van der Waals surface area contributed by atoms with Crippen molar-refractivity contribution >= 4 is 5.97 Å². The van der Waals surface area contributed by atoms with Crippen molar-refractivity contribution in [1.82, 2.24) is 14.8 Å². The number of fused-ring (bicyclic) bond motifs is 1. The molecule has 0 bridgehead atoms. The van der Waals surface area contributed by atoms with Gasteiger partial charge in [-0.1, -0.05) is 12.8 Å². The van der Waals surface area contributed by atoms with Crippen molar-refractivity contribution in [2.75, 3.05) is 0 Å². The van der Waals surface area contributed by atoms with Crippen molar-refractivity contribution in [3.8, 4) is 0 Å². The number of carbonyl (C=O) groups is 1. The van der Waals surface area contributed by atoms with E-state index in [4.69, 9.17) is 5.11 Å². The second-order valence-electron chi connectivity index (χ2n) is 5.14. The molecule has 5 nitrogen and oxygen atoms in total. The number of carboxylic acids is 1. The monoisotopic (exact) mass is 235 g/mol. The Hall–Kier alpha value is -1.39. The molecule has 1 aliphatic heterocycles. The maximum Gasteiger partial charge on any atom is 0.308 e. The highest BCUT2D eigenvalue weighted by Gasteiger charge is 2.30. The lowest BCUT2D eigenvalue weighted by molar-refractivity contribution is -0.142. The number of aryl methyl sites for hydroxylation is 1. The lowest BCUT2D eigenvalue weighted by atomic mass is 9.98. The molecule has 1 saturated carbocycles. The second-order valence-corrected chi connectivity index (χ2v) is 5.14. The summed E-state index contributed by atoms with van der Waals surface area (Å²) in [4.78, 5) is 11.1. The summed E-state index contributed by atoms with van der Waals surface area (Å²) in [6.07, 6.45) is 6.31. The summed E-state index contributed by atoms with van der Waals surface area (Å²) in [5, 5.41) is 17.6. The fourth-order valence-electron chi connectivity index (χ4n) is 3.04. The minimum absolute atomic E-state index is 0.265. The average molecular weight is 235 g/mol. The Kier molecular flexibility index (Phi) is 2.61. The number of rotatable bonds is 2. The van der Waals surface area contributed by atoms with Crippen molar-refractivity contribution < 1.29 is 9.90 Å². The molecular formula is C12H17N3O2. The van der Waals surface area contributed by atoms with E-state index in [1.165, 1.54) is 25.7 Å². The number of aliphatic carboxylic acids is 1. The molecule has 1 atom stereocenters. The number of hydrogen-bond donors (Lipinski definition) is 1. The smallest absolute Gasteiger partial charge is 0.308 e. The third-order valence-corrected chi connectivity index (χ3v) is 4.04. The van der Waals surface area contributed by atoms with E-state index in [1.54, 1.807) is 0 Å². The lowest BCUT2D eigenvalue weighted by Crippen LogP contribution is -2.28. The van der Waals surface area contributed by atoms with Crippen LogP contribution in [0.5, 0.6) is 0 Å². The van der Waals surface area contributed by atoms with Crippen LogP contribution in [0.4, 0.5) is 0 Å². The predicted molar refractivity (Wildman–Crippen MR) is 60.7 cm³/mol. The van der Waals surface area contributed by atoms with Crippen LogP contribution in [-0.4, -0.2) is 25.8 Å². The van der Waals surface area contributed by atoms with Crippen molar-refractivity contribution in [2.45, 2.75) is 51.0 Å². The topological polar surface area (TPSA) is 68.0 Å². The van der Waals surface area contributed by atoms with Crippen LogP contribution in [0.1, 0.15) is 49.7 Å². The maximum atomic E-state index is 11.1. The molecule has 1 N–H and O–H groups in total. The van der Waals surface area contributed by atoms with Crippen LogP contribution in [-0.2, 0) is 17.8 Å². The minimum atomic E-state index is -0.693. The summed E-state index contributed by atoms with van der Waals surface area (Å²) in [5.41, 5.74) is 0. The van der Waals surface area contributed by atoms with Gasteiger partial charge in [0.1, 0.15) is 11.6 Å². The summed E-state index contributed by atoms with van der Waals surface area (Å²) in [6.45, 7) is 0.559. The van der Waals surface area contributed by atoms with Gasteiger partial charge in [0.05, 0.1) is 5.92 Å². The number of nitrogens with zero attached hydrogens (tertiary/aromatic N) is 3. The van der Waals surface area contributed by atoms with Crippen LogP contribution < -0.4 is 0 Å². The Morgan fingerprint density at radius 1 is 1.24 bits per heavy atom. The number of hydrogen-bond acceptors (Lipinski definition) is 3. The maximum absolute atomic E-state index is 11.1. The lowest BCUT2D eigenvalue weighted by Gasteiger charge is -2.22.